The van der Waals surface area contributed by atoms with Crippen LogP contribution in [0.4, 0.5) is 14.6 Å². The van der Waals surface area contributed by atoms with E-state index in [-0.39, 0.29) is 40.6 Å². The molecule has 5 rings (SSSR count). The summed E-state index contributed by atoms with van der Waals surface area (Å²) in [4.78, 5) is 44.1. The number of halogens is 2. The van der Waals surface area contributed by atoms with Gasteiger partial charge in [-0.05, 0) is 55.5 Å². The van der Waals surface area contributed by atoms with Crippen LogP contribution in [0.5, 0.6) is 5.75 Å². The third-order valence-electron chi connectivity index (χ3n) is 8.11. The van der Waals surface area contributed by atoms with Gasteiger partial charge < -0.3 is 14.9 Å². The molecule has 1 amide bonds. The van der Waals surface area contributed by atoms with Crippen molar-refractivity contribution in [1.82, 2.24) is 24.4 Å². The van der Waals surface area contributed by atoms with Gasteiger partial charge in [-0.3, -0.25) is 9.78 Å². The standard InChI is InChI=1S/C33H36F2N6O3/c1-17(2)21(7)32(43)39-13-14-40(20(6)16-39)30-22-15-24(35)28(26-23(34)9-8-10-25(26)42)37-31(22)41(33(44)38-30)29-19(5)11-12-36-27(29)18(3)4/h8-12,15,17-18,20,42H,7,13-14,16H2,1-6H3/t20-/m0/s1. The summed E-state index contributed by atoms with van der Waals surface area (Å²) in [5.41, 5.74) is 0.797. The van der Waals surface area contributed by atoms with Crippen LogP contribution in [0.25, 0.3) is 28.0 Å². The number of aromatic nitrogens is 4. The Bertz CT molecular complexity index is 1830. The number of pyridine rings is 2. The topological polar surface area (TPSA) is 104 Å². The van der Waals surface area contributed by atoms with Gasteiger partial charge in [0, 0.05) is 37.4 Å². The Morgan fingerprint density at radius 1 is 1.09 bits per heavy atom. The molecule has 11 heteroatoms. The second-order valence-electron chi connectivity index (χ2n) is 11.9. The quantitative estimate of drug-likeness (QED) is 0.290. The lowest BCUT2D eigenvalue weighted by Crippen LogP contribution is -2.54. The van der Waals surface area contributed by atoms with E-state index < -0.39 is 34.3 Å². The van der Waals surface area contributed by atoms with Gasteiger partial charge in [0.2, 0.25) is 5.91 Å². The van der Waals surface area contributed by atoms with Gasteiger partial charge in [0.1, 0.15) is 23.1 Å². The summed E-state index contributed by atoms with van der Waals surface area (Å²) >= 11 is 0. The Labute approximate surface area is 254 Å². The van der Waals surface area contributed by atoms with Gasteiger partial charge in [-0.25, -0.2) is 23.1 Å². The highest BCUT2D eigenvalue weighted by atomic mass is 19.1. The number of nitrogens with zero attached hydrogens (tertiary/aromatic N) is 6. The van der Waals surface area contributed by atoms with Gasteiger partial charge in [-0.15, -0.1) is 0 Å². The number of carbonyl (C=O) groups is 1. The van der Waals surface area contributed by atoms with Crippen molar-refractivity contribution in [3.8, 4) is 22.7 Å². The van der Waals surface area contributed by atoms with E-state index in [0.717, 1.165) is 6.07 Å². The van der Waals surface area contributed by atoms with Crippen LogP contribution in [-0.2, 0) is 4.79 Å². The number of phenols is 1. The fraction of sp³-hybridized carbons (Fsp3) is 0.364. The average Bonchev–Trinajstić information content (AvgIpc) is 2.96. The third-order valence-corrected chi connectivity index (χ3v) is 8.11. The molecule has 0 bridgehead atoms. The average molecular weight is 603 g/mol. The van der Waals surface area contributed by atoms with Crippen LogP contribution in [0.15, 0.2) is 53.5 Å². The number of anilines is 1. The van der Waals surface area contributed by atoms with Crippen molar-refractivity contribution in [2.45, 2.75) is 53.5 Å². The molecule has 0 aliphatic carbocycles. The fourth-order valence-corrected chi connectivity index (χ4v) is 5.64. The molecule has 1 aliphatic rings. The molecule has 1 atom stereocenters. The molecule has 3 aromatic heterocycles. The first-order chi connectivity index (χ1) is 20.8. The molecule has 1 saturated heterocycles. The Kier molecular flexibility index (Phi) is 8.24. The molecule has 230 valence electrons. The van der Waals surface area contributed by atoms with Crippen LogP contribution in [0.2, 0.25) is 0 Å². The Morgan fingerprint density at radius 2 is 1.82 bits per heavy atom. The van der Waals surface area contributed by atoms with E-state index in [1.807, 2.05) is 46.4 Å². The summed E-state index contributed by atoms with van der Waals surface area (Å²) in [6.07, 6.45) is 1.65. The maximum absolute atomic E-state index is 15.9. The van der Waals surface area contributed by atoms with Crippen molar-refractivity contribution in [3.63, 3.8) is 0 Å². The molecular formula is C33H36F2N6O3. The number of carbonyl (C=O) groups excluding carboxylic acids is 1. The van der Waals surface area contributed by atoms with E-state index in [1.54, 1.807) is 17.2 Å². The number of hydrogen-bond acceptors (Lipinski definition) is 7. The maximum Gasteiger partial charge on any atom is 0.355 e. The van der Waals surface area contributed by atoms with E-state index in [4.69, 9.17) is 0 Å². The molecule has 1 aliphatic heterocycles. The molecule has 1 fully saturated rings. The summed E-state index contributed by atoms with van der Waals surface area (Å²) in [7, 11) is 0. The minimum absolute atomic E-state index is 0.00201. The number of fused-ring (bicyclic) bond motifs is 1. The third kappa shape index (κ3) is 5.31. The number of phenolic OH excluding ortho intramolecular Hbond substituents is 1. The minimum Gasteiger partial charge on any atom is -0.507 e. The number of benzene rings is 1. The van der Waals surface area contributed by atoms with Crippen molar-refractivity contribution in [2.24, 2.45) is 5.92 Å². The van der Waals surface area contributed by atoms with Crippen molar-refractivity contribution >= 4 is 22.8 Å². The zero-order valence-electron chi connectivity index (χ0n) is 25.7. The van der Waals surface area contributed by atoms with Crippen molar-refractivity contribution in [2.75, 3.05) is 24.5 Å². The smallest absolute Gasteiger partial charge is 0.355 e. The molecule has 0 spiro atoms. The zero-order valence-corrected chi connectivity index (χ0v) is 25.7. The lowest BCUT2D eigenvalue weighted by Gasteiger charge is -2.41. The van der Waals surface area contributed by atoms with Crippen LogP contribution in [0.3, 0.4) is 0 Å². The number of hydrogen-bond donors (Lipinski definition) is 1. The van der Waals surface area contributed by atoms with Crippen LogP contribution < -0.4 is 10.6 Å². The minimum atomic E-state index is -0.896. The van der Waals surface area contributed by atoms with E-state index in [2.05, 4.69) is 21.5 Å². The summed E-state index contributed by atoms with van der Waals surface area (Å²) in [5.74, 6) is -2.27. The first-order valence-electron chi connectivity index (χ1n) is 14.6. The monoisotopic (exact) mass is 602 g/mol. The largest absolute Gasteiger partial charge is 0.507 e. The Hall–Kier alpha value is -4.67. The number of amides is 1. The summed E-state index contributed by atoms with van der Waals surface area (Å²) < 4.78 is 32.2. The van der Waals surface area contributed by atoms with Gasteiger partial charge in [-0.2, -0.15) is 4.98 Å². The first-order valence-corrected chi connectivity index (χ1v) is 14.6. The second-order valence-corrected chi connectivity index (χ2v) is 11.9. The number of aromatic hydroxyl groups is 1. The van der Waals surface area contributed by atoms with Gasteiger partial charge in [0.25, 0.3) is 0 Å². The molecule has 4 aromatic rings. The molecule has 0 radical (unpaired) electrons. The number of piperazine rings is 1. The van der Waals surface area contributed by atoms with Gasteiger partial charge in [0.15, 0.2) is 11.5 Å². The predicted octanol–water partition coefficient (Wildman–Crippen LogP) is 5.51. The fourth-order valence-electron chi connectivity index (χ4n) is 5.64. The van der Waals surface area contributed by atoms with Gasteiger partial charge in [-0.1, -0.05) is 40.3 Å². The highest BCUT2D eigenvalue weighted by Crippen LogP contribution is 2.37. The summed E-state index contributed by atoms with van der Waals surface area (Å²) in [5, 5.41) is 10.7. The highest BCUT2D eigenvalue weighted by molar-refractivity contribution is 5.94. The summed E-state index contributed by atoms with van der Waals surface area (Å²) in [6.45, 7) is 16.4. The molecule has 1 N–H and O–H groups in total. The molecule has 0 saturated carbocycles. The molecule has 9 nitrogen and oxygen atoms in total. The zero-order chi connectivity index (χ0) is 32.0. The highest BCUT2D eigenvalue weighted by Gasteiger charge is 2.32. The molecule has 4 heterocycles. The van der Waals surface area contributed by atoms with Crippen molar-refractivity contribution in [1.29, 1.82) is 0 Å². The van der Waals surface area contributed by atoms with Gasteiger partial charge >= 0.3 is 5.69 Å². The molecule has 0 unspecified atom stereocenters. The normalized spacial score (nSPS) is 15.5. The lowest BCUT2D eigenvalue weighted by atomic mass is 10.0. The number of aryl methyl sites for hydroxylation is 1. The molecular weight excluding hydrogens is 566 g/mol. The van der Waals surface area contributed by atoms with E-state index in [1.165, 1.54) is 22.8 Å². The maximum atomic E-state index is 15.9. The van der Waals surface area contributed by atoms with Crippen LogP contribution in [0, 0.1) is 24.5 Å². The second kappa shape index (κ2) is 11.8. The van der Waals surface area contributed by atoms with Crippen molar-refractivity contribution in [3.05, 3.63) is 82.1 Å². The first kappa shape index (κ1) is 30.8. The van der Waals surface area contributed by atoms with Crippen molar-refractivity contribution < 1.29 is 18.7 Å². The summed E-state index contributed by atoms with van der Waals surface area (Å²) in [6, 6.07) is 6.29. The molecule has 44 heavy (non-hydrogen) atoms. The lowest BCUT2D eigenvalue weighted by molar-refractivity contribution is -0.128. The van der Waals surface area contributed by atoms with E-state index in [9.17, 15) is 19.1 Å². The Morgan fingerprint density at radius 3 is 2.45 bits per heavy atom. The van der Waals surface area contributed by atoms with E-state index >= 15 is 4.39 Å². The van der Waals surface area contributed by atoms with Crippen LogP contribution >= 0.6 is 0 Å². The number of rotatable bonds is 6. The molecule has 1 aromatic carbocycles. The van der Waals surface area contributed by atoms with Crippen LogP contribution in [-0.4, -0.2) is 61.1 Å². The van der Waals surface area contributed by atoms with E-state index in [0.29, 0.717) is 42.2 Å². The van der Waals surface area contributed by atoms with Crippen LogP contribution in [0.1, 0.15) is 51.8 Å². The predicted molar refractivity (Wildman–Crippen MR) is 166 cm³/mol. The van der Waals surface area contributed by atoms with Gasteiger partial charge in [0.05, 0.1) is 22.3 Å². The Balaban J connectivity index is 1.76. The SMILES string of the molecule is C=C(C(=O)N1CCN(c2nc(=O)n(-c3c(C)ccnc3C(C)C)c3nc(-c4c(O)cccc4F)c(F)cc23)[C@@H](C)C1)C(C)C.